The number of anilines is 1. The van der Waals surface area contributed by atoms with Crippen molar-refractivity contribution in [3.8, 4) is 0 Å². The van der Waals surface area contributed by atoms with E-state index in [1.807, 2.05) is 0 Å². The monoisotopic (exact) mass is 297 g/mol. The van der Waals surface area contributed by atoms with Crippen molar-refractivity contribution in [1.29, 1.82) is 0 Å². The molecule has 1 saturated heterocycles. The number of carbonyl (C=O) groups is 1. The van der Waals surface area contributed by atoms with Crippen LogP contribution < -0.4 is 10.6 Å². The van der Waals surface area contributed by atoms with Gasteiger partial charge in [0.25, 0.3) is 5.69 Å². The number of benzene rings is 1. The molecule has 20 heavy (non-hydrogen) atoms. The van der Waals surface area contributed by atoms with Crippen LogP contribution in [0.4, 0.5) is 11.4 Å². The van der Waals surface area contributed by atoms with Crippen LogP contribution in [0, 0.1) is 23.0 Å². The Morgan fingerprint density at radius 2 is 2.30 bits per heavy atom. The highest BCUT2D eigenvalue weighted by atomic mass is 35.5. The second-order valence-electron chi connectivity index (χ2n) is 4.91. The number of amides is 1. The van der Waals surface area contributed by atoms with Crippen LogP contribution >= 0.6 is 11.6 Å². The van der Waals surface area contributed by atoms with Crippen LogP contribution in [0.15, 0.2) is 12.1 Å². The van der Waals surface area contributed by atoms with Crippen molar-refractivity contribution in [2.45, 2.75) is 19.8 Å². The van der Waals surface area contributed by atoms with Crippen LogP contribution in [-0.2, 0) is 4.79 Å². The standard InChI is InChI=1S/C13H16ClN3O3/c1-8-5-12(17(19)20)10(14)6-11(8)16-13(18)9-3-2-4-15-7-9/h5-6,9,15H,2-4,7H2,1H3,(H,16,18). The fraction of sp³-hybridized carbons (Fsp3) is 0.462. The van der Waals surface area contributed by atoms with Crippen LogP contribution in [0.25, 0.3) is 0 Å². The summed E-state index contributed by atoms with van der Waals surface area (Å²) in [5.74, 6) is -0.151. The number of rotatable bonds is 3. The largest absolute Gasteiger partial charge is 0.326 e. The predicted molar refractivity (Wildman–Crippen MR) is 77.1 cm³/mol. The highest BCUT2D eigenvalue weighted by Gasteiger charge is 2.22. The zero-order valence-electron chi connectivity index (χ0n) is 11.1. The van der Waals surface area contributed by atoms with Gasteiger partial charge in [-0.3, -0.25) is 14.9 Å². The minimum absolute atomic E-state index is 0.0256. The van der Waals surface area contributed by atoms with Gasteiger partial charge in [-0.1, -0.05) is 11.6 Å². The normalized spacial score (nSPS) is 18.6. The molecule has 1 heterocycles. The maximum absolute atomic E-state index is 12.1. The van der Waals surface area contributed by atoms with Gasteiger partial charge in [-0.2, -0.15) is 0 Å². The van der Waals surface area contributed by atoms with Gasteiger partial charge in [0.15, 0.2) is 0 Å². The van der Waals surface area contributed by atoms with Gasteiger partial charge >= 0.3 is 0 Å². The number of nitro benzene ring substituents is 1. The predicted octanol–water partition coefficient (Wildman–Crippen LogP) is 2.49. The molecule has 0 saturated carbocycles. The molecule has 1 aliphatic rings. The van der Waals surface area contributed by atoms with E-state index in [0.717, 1.165) is 19.4 Å². The lowest BCUT2D eigenvalue weighted by Crippen LogP contribution is -2.37. The Bertz CT molecular complexity index is 542. The van der Waals surface area contributed by atoms with Gasteiger partial charge in [0.2, 0.25) is 5.91 Å². The lowest BCUT2D eigenvalue weighted by atomic mass is 9.98. The van der Waals surface area contributed by atoms with Crippen LogP contribution in [0.1, 0.15) is 18.4 Å². The van der Waals surface area contributed by atoms with Gasteiger partial charge < -0.3 is 10.6 Å². The van der Waals surface area contributed by atoms with Crippen molar-refractivity contribution < 1.29 is 9.72 Å². The van der Waals surface area contributed by atoms with Crippen molar-refractivity contribution in [2.75, 3.05) is 18.4 Å². The minimum atomic E-state index is -0.536. The number of carbonyl (C=O) groups excluding carboxylic acids is 1. The summed E-state index contributed by atoms with van der Waals surface area (Å²) in [5, 5.41) is 16.8. The fourth-order valence-corrected chi connectivity index (χ4v) is 2.48. The van der Waals surface area contributed by atoms with E-state index in [4.69, 9.17) is 11.6 Å². The van der Waals surface area contributed by atoms with Crippen LogP contribution in [0.3, 0.4) is 0 Å². The molecule has 1 aromatic rings. The van der Waals surface area contributed by atoms with Crippen molar-refractivity contribution in [2.24, 2.45) is 5.92 Å². The molecule has 0 radical (unpaired) electrons. The molecule has 1 amide bonds. The Morgan fingerprint density at radius 3 is 2.90 bits per heavy atom. The van der Waals surface area contributed by atoms with Crippen molar-refractivity contribution >= 4 is 28.9 Å². The third-order valence-corrected chi connectivity index (χ3v) is 3.72. The molecular weight excluding hydrogens is 282 g/mol. The maximum Gasteiger partial charge on any atom is 0.288 e. The van der Waals surface area contributed by atoms with Crippen molar-refractivity contribution in [3.05, 3.63) is 32.8 Å². The molecule has 6 nitrogen and oxygen atoms in total. The summed E-state index contributed by atoms with van der Waals surface area (Å²) in [5.41, 5.74) is 0.996. The Kier molecular flexibility index (Phi) is 4.57. The molecule has 1 aliphatic heterocycles. The molecule has 0 spiro atoms. The molecular formula is C13H16ClN3O3. The van der Waals surface area contributed by atoms with E-state index in [1.165, 1.54) is 12.1 Å². The number of piperidine rings is 1. The third kappa shape index (κ3) is 3.26. The number of aryl methyl sites for hydroxylation is 1. The second-order valence-corrected chi connectivity index (χ2v) is 5.32. The van der Waals surface area contributed by atoms with E-state index in [0.29, 0.717) is 17.8 Å². The number of halogens is 1. The van der Waals surface area contributed by atoms with E-state index in [9.17, 15) is 14.9 Å². The maximum atomic E-state index is 12.1. The highest BCUT2D eigenvalue weighted by molar-refractivity contribution is 6.33. The van der Waals surface area contributed by atoms with Gasteiger partial charge in [0.1, 0.15) is 5.02 Å². The van der Waals surface area contributed by atoms with Gasteiger partial charge in [-0.25, -0.2) is 0 Å². The first-order chi connectivity index (χ1) is 9.49. The summed E-state index contributed by atoms with van der Waals surface area (Å²) >= 11 is 5.86. The lowest BCUT2D eigenvalue weighted by molar-refractivity contribution is -0.384. The molecule has 1 aromatic carbocycles. The molecule has 7 heteroatoms. The SMILES string of the molecule is Cc1cc([N+](=O)[O-])c(Cl)cc1NC(=O)C1CCCNC1. The van der Waals surface area contributed by atoms with Crippen LogP contribution in [-0.4, -0.2) is 23.9 Å². The average Bonchev–Trinajstić information content (AvgIpc) is 2.43. The zero-order chi connectivity index (χ0) is 14.7. The van der Waals surface area contributed by atoms with Crippen LogP contribution in [0.2, 0.25) is 5.02 Å². The first kappa shape index (κ1) is 14.7. The first-order valence-corrected chi connectivity index (χ1v) is 6.83. The summed E-state index contributed by atoms with van der Waals surface area (Å²) in [6.45, 7) is 3.30. The smallest absolute Gasteiger partial charge is 0.288 e. The molecule has 0 bridgehead atoms. The summed E-state index contributed by atoms with van der Waals surface area (Å²) in [7, 11) is 0. The molecule has 1 atom stereocenters. The fourth-order valence-electron chi connectivity index (χ4n) is 2.25. The molecule has 0 aromatic heterocycles. The lowest BCUT2D eigenvalue weighted by Gasteiger charge is -2.22. The van der Waals surface area contributed by atoms with E-state index in [2.05, 4.69) is 10.6 Å². The highest BCUT2D eigenvalue weighted by Crippen LogP contribution is 2.30. The molecule has 0 aliphatic carbocycles. The quantitative estimate of drug-likeness (QED) is 0.663. The van der Waals surface area contributed by atoms with Crippen molar-refractivity contribution in [1.82, 2.24) is 5.32 Å². The molecule has 1 fully saturated rings. The summed E-state index contributed by atoms with van der Waals surface area (Å²) in [6.07, 6.45) is 1.82. The average molecular weight is 298 g/mol. The van der Waals surface area contributed by atoms with E-state index < -0.39 is 4.92 Å². The minimum Gasteiger partial charge on any atom is -0.326 e. The summed E-state index contributed by atoms with van der Waals surface area (Å²) < 4.78 is 0. The summed E-state index contributed by atoms with van der Waals surface area (Å²) in [4.78, 5) is 22.4. The van der Waals surface area contributed by atoms with Crippen molar-refractivity contribution in [3.63, 3.8) is 0 Å². The topological polar surface area (TPSA) is 84.3 Å². The zero-order valence-corrected chi connectivity index (χ0v) is 11.9. The number of nitrogens with one attached hydrogen (secondary N) is 2. The Labute approximate surface area is 121 Å². The number of nitro groups is 1. The van der Waals surface area contributed by atoms with Gasteiger partial charge in [0.05, 0.1) is 10.8 Å². The van der Waals surface area contributed by atoms with Gasteiger partial charge in [-0.05, 0) is 37.9 Å². The molecule has 108 valence electrons. The summed E-state index contributed by atoms with van der Waals surface area (Å²) in [6, 6.07) is 2.81. The Hall–Kier alpha value is -1.66. The van der Waals surface area contributed by atoms with E-state index >= 15 is 0 Å². The number of nitrogens with zero attached hydrogens (tertiary/aromatic N) is 1. The van der Waals surface area contributed by atoms with Crippen LogP contribution in [0.5, 0.6) is 0 Å². The van der Waals surface area contributed by atoms with E-state index in [1.54, 1.807) is 6.92 Å². The number of hydrogen-bond acceptors (Lipinski definition) is 4. The van der Waals surface area contributed by atoms with E-state index in [-0.39, 0.29) is 22.5 Å². The third-order valence-electron chi connectivity index (χ3n) is 3.42. The van der Waals surface area contributed by atoms with Gasteiger partial charge in [0, 0.05) is 18.3 Å². The Balaban J connectivity index is 2.15. The van der Waals surface area contributed by atoms with Gasteiger partial charge in [-0.15, -0.1) is 0 Å². The first-order valence-electron chi connectivity index (χ1n) is 6.45. The molecule has 1 unspecified atom stereocenters. The number of hydrogen-bond donors (Lipinski definition) is 2. The Morgan fingerprint density at radius 1 is 1.55 bits per heavy atom. The molecule has 2 N–H and O–H groups in total. The molecule has 2 rings (SSSR count). The second kappa shape index (κ2) is 6.19.